The van der Waals surface area contributed by atoms with E-state index in [2.05, 4.69) is 15.8 Å². The van der Waals surface area contributed by atoms with Gasteiger partial charge in [-0.2, -0.15) is 0 Å². The Balaban J connectivity index is 1.66. The number of amidine groups is 1. The third-order valence-corrected chi connectivity index (χ3v) is 4.58. The number of nitrogens with one attached hydrogen (secondary N) is 2. The van der Waals surface area contributed by atoms with E-state index >= 15 is 0 Å². The SMILES string of the molecule is O=C1N/C(=N/NC(=O)c2ccc([N+](=O)[O-])cc2)S/C1=C\c1ccc(Cl)cc1. The van der Waals surface area contributed by atoms with Gasteiger partial charge in [0, 0.05) is 22.7 Å². The molecule has 3 rings (SSSR count). The molecule has 136 valence electrons. The number of nitrogens with zero attached hydrogens (tertiary/aromatic N) is 2. The number of hydrazone groups is 1. The molecule has 2 aromatic carbocycles. The number of nitro benzene ring substituents is 1. The molecule has 0 saturated carbocycles. The summed E-state index contributed by atoms with van der Waals surface area (Å²) in [6, 6.07) is 12.1. The third-order valence-electron chi connectivity index (χ3n) is 3.42. The molecule has 27 heavy (non-hydrogen) atoms. The number of carbonyl (C=O) groups is 2. The highest BCUT2D eigenvalue weighted by Crippen LogP contribution is 2.26. The van der Waals surface area contributed by atoms with Crippen molar-refractivity contribution >= 4 is 52.1 Å². The molecule has 0 atom stereocenters. The maximum absolute atomic E-state index is 12.0. The van der Waals surface area contributed by atoms with Crippen LogP contribution in [0.15, 0.2) is 58.5 Å². The summed E-state index contributed by atoms with van der Waals surface area (Å²) in [7, 11) is 0. The highest BCUT2D eigenvalue weighted by atomic mass is 35.5. The van der Waals surface area contributed by atoms with Crippen LogP contribution in [0.4, 0.5) is 5.69 Å². The van der Waals surface area contributed by atoms with Crippen LogP contribution in [0.25, 0.3) is 6.08 Å². The predicted octanol–water partition coefficient (Wildman–Crippen LogP) is 3.15. The lowest BCUT2D eigenvalue weighted by Gasteiger charge is -2.00. The van der Waals surface area contributed by atoms with Gasteiger partial charge in [-0.05, 0) is 47.7 Å². The fourth-order valence-corrected chi connectivity index (χ4v) is 3.00. The molecular formula is C17H11ClN4O4S. The van der Waals surface area contributed by atoms with Crippen molar-refractivity contribution in [3.63, 3.8) is 0 Å². The molecule has 1 heterocycles. The molecule has 10 heteroatoms. The molecule has 0 unspecified atom stereocenters. The fourth-order valence-electron chi connectivity index (χ4n) is 2.09. The Morgan fingerprint density at radius 1 is 1.19 bits per heavy atom. The molecule has 0 aliphatic carbocycles. The molecule has 1 saturated heterocycles. The topological polar surface area (TPSA) is 114 Å². The summed E-state index contributed by atoms with van der Waals surface area (Å²) < 4.78 is 0. The summed E-state index contributed by atoms with van der Waals surface area (Å²) in [6.45, 7) is 0. The van der Waals surface area contributed by atoms with Gasteiger partial charge in [-0.25, -0.2) is 5.43 Å². The van der Waals surface area contributed by atoms with Crippen LogP contribution < -0.4 is 10.7 Å². The number of non-ortho nitro benzene ring substituents is 1. The van der Waals surface area contributed by atoms with Gasteiger partial charge in [0.25, 0.3) is 17.5 Å². The van der Waals surface area contributed by atoms with Crippen LogP contribution in [0, 0.1) is 10.1 Å². The number of hydrogen-bond acceptors (Lipinski definition) is 6. The highest BCUT2D eigenvalue weighted by Gasteiger charge is 2.24. The summed E-state index contributed by atoms with van der Waals surface area (Å²) in [4.78, 5) is 34.5. The molecule has 2 aromatic rings. The van der Waals surface area contributed by atoms with Crippen LogP contribution in [0.3, 0.4) is 0 Å². The van der Waals surface area contributed by atoms with E-state index in [4.69, 9.17) is 11.6 Å². The van der Waals surface area contributed by atoms with E-state index in [9.17, 15) is 19.7 Å². The first-order valence-electron chi connectivity index (χ1n) is 7.51. The van der Waals surface area contributed by atoms with E-state index in [0.29, 0.717) is 9.93 Å². The highest BCUT2D eigenvalue weighted by molar-refractivity contribution is 8.18. The van der Waals surface area contributed by atoms with Crippen LogP contribution in [-0.2, 0) is 4.79 Å². The number of carbonyl (C=O) groups excluding carboxylic acids is 2. The van der Waals surface area contributed by atoms with E-state index in [1.54, 1.807) is 30.3 Å². The summed E-state index contributed by atoms with van der Waals surface area (Å²) in [5, 5.41) is 17.8. The number of benzene rings is 2. The zero-order valence-electron chi connectivity index (χ0n) is 13.5. The average molecular weight is 403 g/mol. The Labute approximate surface area is 162 Å². The minimum atomic E-state index is -0.554. The first-order valence-corrected chi connectivity index (χ1v) is 8.71. The zero-order valence-corrected chi connectivity index (χ0v) is 15.1. The van der Waals surface area contributed by atoms with Crippen molar-refractivity contribution in [3.8, 4) is 0 Å². The first-order chi connectivity index (χ1) is 12.9. The molecule has 2 N–H and O–H groups in total. The molecule has 8 nitrogen and oxygen atoms in total. The Kier molecular flexibility index (Phi) is 5.53. The van der Waals surface area contributed by atoms with E-state index in [0.717, 1.165) is 17.3 Å². The van der Waals surface area contributed by atoms with Crippen molar-refractivity contribution in [2.75, 3.05) is 0 Å². The number of nitro groups is 1. The van der Waals surface area contributed by atoms with Crippen LogP contribution in [0.1, 0.15) is 15.9 Å². The van der Waals surface area contributed by atoms with Crippen molar-refractivity contribution in [1.29, 1.82) is 0 Å². The lowest BCUT2D eigenvalue weighted by molar-refractivity contribution is -0.384. The molecule has 1 fully saturated rings. The second kappa shape index (κ2) is 8.02. The van der Waals surface area contributed by atoms with Gasteiger partial charge in [-0.15, -0.1) is 5.10 Å². The summed E-state index contributed by atoms with van der Waals surface area (Å²) in [5.74, 6) is -0.888. The molecule has 0 aromatic heterocycles. The van der Waals surface area contributed by atoms with Gasteiger partial charge in [0.05, 0.1) is 9.83 Å². The largest absolute Gasteiger partial charge is 0.299 e. The average Bonchev–Trinajstić information content (AvgIpc) is 3.01. The number of amides is 2. The van der Waals surface area contributed by atoms with Crippen molar-refractivity contribution in [1.82, 2.24) is 10.7 Å². The quantitative estimate of drug-likeness (QED) is 0.463. The molecular weight excluding hydrogens is 392 g/mol. The smallest absolute Gasteiger partial charge is 0.271 e. The van der Waals surface area contributed by atoms with Crippen molar-refractivity contribution in [2.24, 2.45) is 5.10 Å². The van der Waals surface area contributed by atoms with Crippen molar-refractivity contribution in [3.05, 3.63) is 79.7 Å². The van der Waals surface area contributed by atoms with Gasteiger partial charge in [-0.3, -0.25) is 25.0 Å². The number of hydrogen-bond donors (Lipinski definition) is 2. The standard InChI is InChI=1S/C17H11ClN4O4S/c18-12-5-1-10(2-6-12)9-14-16(24)19-17(27-14)21-20-15(23)11-3-7-13(8-4-11)22(25)26/h1-9H,(H,20,23)(H,19,21,24)/b14-9-. The van der Waals surface area contributed by atoms with Crippen molar-refractivity contribution < 1.29 is 14.5 Å². The van der Waals surface area contributed by atoms with Gasteiger partial charge < -0.3 is 0 Å². The second-order valence-electron chi connectivity index (χ2n) is 5.28. The van der Waals surface area contributed by atoms with Gasteiger partial charge in [0.15, 0.2) is 5.17 Å². The first kappa shape index (κ1) is 18.6. The van der Waals surface area contributed by atoms with Gasteiger partial charge in [0.2, 0.25) is 0 Å². The zero-order chi connectivity index (χ0) is 19.4. The Morgan fingerprint density at radius 2 is 1.85 bits per heavy atom. The second-order valence-corrected chi connectivity index (χ2v) is 6.75. The van der Waals surface area contributed by atoms with Crippen LogP contribution in [0.5, 0.6) is 0 Å². The van der Waals surface area contributed by atoms with Crippen LogP contribution in [-0.4, -0.2) is 21.9 Å². The summed E-state index contributed by atoms with van der Waals surface area (Å²) >= 11 is 6.90. The van der Waals surface area contributed by atoms with Gasteiger partial charge in [-0.1, -0.05) is 23.7 Å². The van der Waals surface area contributed by atoms with Crippen LogP contribution >= 0.6 is 23.4 Å². The Morgan fingerprint density at radius 3 is 2.48 bits per heavy atom. The predicted molar refractivity (Wildman–Crippen MR) is 103 cm³/mol. The molecule has 2 amide bonds. The van der Waals surface area contributed by atoms with Crippen LogP contribution in [0.2, 0.25) is 5.02 Å². The number of rotatable bonds is 4. The van der Waals surface area contributed by atoms with E-state index in [1.807, 2.05) is 0 Å². The molecule has 0 bridgehead atoms. The van der Waals surface area contributed by atoms with Gasteiger partial charge in [0.1, 0.15) is 0 Å². The Hall–Kier alpha value is -3.17. The Bertz CT molecular complexity index is 971. The minimum absolute atomic E-state index is 0.117. The molecule has 0 spiro atoms. The summed E-state index contributed by atoms with van der Waals surface area (Å²) in [5.41, 5.74) is 3.19. The van der Waals surface area contributed by atoms with E-state index in [-0.39, 0.29) is 22.3 Å². The minimum Gasteiger partial charge on any atom is -0.299 e. The van der Waals surface area contributed by atoms with Crippen molar-refractivity contribution in [2.45, 2.75) is 0 Å². The monoisotopic (exact) mass is 402 g/mol. The fraction of sp³-hybridized carbons (Fsp3) is 0. The number of halogens is 1. The van der Waals surface area contributed by atoms with Gasteiger partial charge >= 0.3 is 0 Å². The normalized spacial score (nSPS) is 16.4. The molecule has 0 radical (unpaired) electrons. The maximum Gasteiger partial charge on any atom is 0.271 e. The third kappa shape index (κ3) is 4.72. The lowest BCUT2D eigenvalue weighted by Crippen LogP contribution is -2.25. The number of thioether (sulfide) groups is 1. The molecule has 1 aliphatic heterocycles. The van der Waals surface area contributed by atoms with E-state index in [1.165, 1.54) is 24.3 Å². The lowest BCUT2D eigenvalue weighted by atomic mass is 10.2. The summed E-state index contributed by atoms with van der Waals surface area (Å²) in [6.07, 6.45) is 1.68. The van der Waals surface area contributed by atoms with E-state index < -0.39 is 10.8 Å². The maximum atomic E-state index is 12.0. The molecule has 1 aliphatic rings.